The zero-order valence-electron chi connectivity index (χ0n) is 26.9. The summed E-state index contributed by atoms with van der Waals surface area (Å²) >= 11 is 0. The summed E-state index contributed by atoms with van der Waals surface area (Å²) in [5.74, 6) is -1.17. The zero-order valence-corrected chi connectivity index (χ0v) is 26.9. The predicted molar refractivity (Wildman–Crippen MR) is 169 cm³/mol. The van der Waals surface area contributed by atoms with E-state index in [0.29, 0.717) is 63.8 Å². The normalized spacial score (nSPS) is 30.3. The number of carbonyl (C=O) groups excluding carboxylic acids is 2. The van der Waals surface area contributed by atoms with Gasteiger partial charge in [-0.1, -0.05) is 26.0 Å². The Morgan fingerprint density at radius 2 is 1.84 bits per heavy atom. The molecule has 3 heterocycles. The fraction of sp³-hybridized carbons (Fsp3) is 0.647. The number of carbonyl (C=O) groups is 2. The number of rotatable bonds is 5. The van der Waals surface area contributed by atoms with Gasteiger partial charge in [-0.25, -0.2) is 9.18 Å². The Morgan fingerprint density at radius 3 is 2.57 bits per heavy atom. The summed E-state index contributed by atoms with van der Waals surface area (Å²) in [7, 11) is 4.06. The van der Waals surface area contributed by atoms with Gasteiger partial charge in [-0.15, -0.1) is 0 Å². The van der Waals surface area contributed by atoms with Crippen molar-refractivity contribution in [2.45, 2.75) is 77.2 Å². The van der Waals surface area contributed by atoms with Crippen LogP contribution in [0.2, 0.25) is 0 Å². The fourth-order valence-corrected chi connectivity index (χ4v) is 6.21. The van der Waals surface area contributed by atoms with E-state index in [2.05, 4.69) is 9.80 Å². The molecule has 244 valence electrons. The van der Waals surface area contributed by atoms with Gasteiger partial charge in [-0.3, -0.25) is 4.79 Å². The molecule has 44 heavy (non-hydrogen) atoms. The minimum absolute atomic E-state index is 0.0667. The van der Waals surface area contributed by atoms with Crippen LogP contribution in [0.1, 0.15) is 58.4 Å². The Hall–Kier alpha value is -2.95. The Morgan fingerprint density at radius 1 is 1.09 bits per heavy atom. The molecule has 1 unspecified atom stereocenters. The maximum Gasteiger partial charge on any atom is 0.410 e. The average Bonchev–Trinajstić information content (AvgIpc) is 3.00. The average molecular weight is 616 g/mol. The zero-order chi connectivity index (χ0) is 31.8. The molecule has 0 aliphatic carbocycles. The van der Waals surface area contributed by atoms with Gasteiger partial charge in [-0.05, 0) is 88.0 Å². The van der Waals surface area contributed by atoms with Crippen molar-refractivity contribution in [2.24, 2.45) is 11.8 Å². The molecule has 0 saturated carbocycles. The number of benzene rings is 1. The number of likely N-dealkylation sites (tertiary alicyclic amines) is 1. The van der Waals surface area contributed by atoms with Crippen LogP contribution in [0, 0.1) is 17.7 Å². The molecule has 3 aliphatic rings. The Kier molecular flexibility index (Phi) is 12.2. The van der Waals surface area contributed by atoms with Gasteiger partial charge in [0.15, 0.2) is 0 Å². The molecule has 0 radical (unpaired) electrons. The largest absolute Gasteiger partial charge is 0.457 e. The topological polar surface area (TPSA) is 91.8 Å². The Labute approximate surface area is 261 Å². The van der Waals surface area contributed by atoms with Crippen molar-refractivity contribution in [3.8, 4) is 0 Å². The molecular formula is C34H50FN3O6. The van der Waals surface area contributed by atoms with Crippen molar-refractivity contribution >= 4 is 23.8 Å². The summed E-state index contributed by atoms with van der Waals surface area (Å²) in [6.07, 6.45) is 6.11. The summed E-state index contributed by atoms with van der Waals surface area (Å²) in [4.78, 5) is 32.2. The first-order chi connectivity index (χ1) is 21.0. The minimum Gasteiger partial charge on any atom is -0.457 e. The number of amides is 1. The van der Waals surface area contributed by atoms with Gasteiger partial charge in [0.25, 0.3) is 0 Å². The number of esters is 1. The molecule has 4 rings (SSSR count). The number of aliphatic hydroxyl groups is 1. The second-order valence-electron chi connectivity index (χ2n) is 12.9. The van der Waals surface area contributed by atoms with E-state index in [0.717, 1.165) is 24.1 Å². The lowest BCUT2D eigenvalue weighted by Gasteiger charge is -2.36. The SMILES string of the molecule is C/C(=C\c1cc(F)cc(N2CCOCC2)c1)[C@H]1OC(=O)C[C@H](O)CC[C@H](C)[C@@H](OC(=O)N2CCCC(N(C)C)C2)/C=C/[C@@H]1C. The summed E-state index contributed by atoms with van der Waals surface area (Å²) in [5.41, 5.74) is 2.19. The maximum absolute atomic E-state index is 14.7. The van der Waals surface area contributed by atoms with Crippen molar-refractivity contribution in [1.82, 2.24) is 9.80 Å². The van der Waals surface area contributed by atoms with Crippen LogP contribution in [0.5, 0.6) is 0 Å². The molecule has 0 spiro atoms. The fourth-order valence-electron chi connectivity index (χ4n) is 6.21. The maximum atomic E-state index is 14.7. The van der Waals surface area contributed by atoms with E-state index in [-0.39, 0.29) is 30.2 Å². The third kappa shape index (κ3) is 9.52. The van der Waals surface area contributed by atoms with Gasteiger partial charge in [0, 0.05) is 43.8 Å². The monoisotopic (exact) mass is 615 g/mol. The molecule has 0 aromatic heterocycles. The van der Waals surface area contributed by atoms with Gasteiger partial charge < -0.3 is 34.0 Å². The third-order valence-electron chi connectivity index (χ3n) is 9.00. The number of morpholine rings is 1. The number of piperidine rings is 1. The lowest BCUT2D eigenvalue weighted by atomic mass is 9.91. The number of hydrogen-bond acceptors (Lipinski definition) is 8. The highest BCUT2D eigenvalue weighted by Crippen LogP contribution is 2.28. The lowest BCUT2D eigenvalue weighted by molar-refractivity contribution is -0.151. The molecule has 0 bridgehead atoms. The molecular weight excluding hydrogens is 565 g/mol. The van der Waals surface area contributed by atoms with Gasteiger partial charge >= 0.3 is 12.1 Å². The molecule has 2 saturated heterocycles. The van der Waals surface area contributed by atoms with Crippen molar-refractivity contribution in [3.63, 3.8) is 0 Å². The number of nitrogens with zero attached hydrogens (tertiary/aromatic N) is 3. The van der Waals surface area contributed by atoms with Crippen molar-refractivity contribution in [2.75, 3.05) is 58.4 Å². The quantitative estimate of drug-likeness (QED) is 0.370. The first-order valence-electron chi connectivity index (χ1n) is 16.0. The van der Waals surface area contributed by atoms with Gasteiger partial charge in [-0.2, -0.15) is 0 Å². The lowest BCUT2D eigenvalue weighted by Crippen LogP contribution is -2.48. The number of anilines is 1. The number of halogens is 1. The van der Waals surface area contributed by atoms with Crippen LogP contribution in [-0.4, -0.2) is 105 Å². The molecule has 1 amide bonds. The molecule has 6 atom stereocenters. The molecule has 1 aromatic rings. The van der Waals surface area contributed by atoms with E-state index in [1.807, 2.05) is 59.2 Å². The molecule has 2 fully saturated rings. The Bertz CT molecular complexity index is 1180. The predicted octanol–water partition coefficient (Wildman–Crippen LogP) is 4.88. The number of likely N-dealkylation sites (N-methyl/N-ethyl adjacent to an activating group) is 1. The first kappa shape index (κ1) is 33.9. The first-order valence-corrected chi connectivity index (χ1v) is 16.0. The number of ether oxygens (including phenoxy) is 3. The second-order valence-corrected chi connectivity index (χ2v) is 12.9. The van der Waals surface area contributed by atoms with Crippen LogP contribution in [-0.2, 0) is 19.0 Å². The highest BCUT2D eigenvalue weighted by molar-refractivity contribution is 5.71. The summed E-state index contributed by atoms with van der Waals surface area (Å²) in [6, 6.07) is 5.21. The van der Waals surface area contributed by atoms with E-state index in [4.69, 9.17) is 14.2 Å². The highest BCUT2D eigenvalue weighted by Gasteiger charge is 2.30. The summed E-state index contributed by atoms with van der Waals surface area (Å²) in [6.45, 7) is 9.66. The van der Waals surface area contributed by atoms with Crippen molar-refractivity contribution in [3.05, 3.63) is 47.3 Å². The number of aliphatic hydroxyl groups excluding tert-OH is 1. The summed E-state index contributed by atoms with van der Waals surface area (Å²) < 4.78 is 32.1. The minimum atomic E-state index is -0.868. The van der Waals surface area contributed by atoms with E-state index in [1.165, 1.54) is 12.1 Å². The van der Waals surface area contributed by atoms with Crippen LogP contribution in [0.25, 0.3) is 6.08 Å². The molecule has 9 nitrogen and oxygen atoms in total. The van der Waals surface area contributed by atoms with Crippen LogP contribution < -0.4 is 4.90 Å². The number of hydrogen-bond donors (Lipinski definition) is 1. The van der Waals surface area contributed by atoms with E-state index < -0.39 is 24.3 Å². The standard InChI is InChI=1S/C34H50FN3O6/c1-23-8-10-30(39)21-32(40)44-33(25(3)17-26-18-27(35)20-29(19-26)37-13-15-42-16-14-37)24(2)9-11-31(23)43-34(41)38-12-6-7-28(22-38)36(4)5/h9,11,17-20,23-24,28,30-31,33,39H,6-8,10,12-16,21-22H2,1-5H3/b11-9+,25-17+/t23-,24-,28?,30+,31-,33-/m0/s1. The van der Waals surface area contributed by atoms with E-state index in [9.17, 15) is 19.1 Å². The van der Waals surface area contributed by atoms with E-state index >= 15 is 0 Å². The molecule has 1 N–H and O–H groups in total. The van der Waals surface area contributed by atoms with Gasteiger partial charge in [0.1, 0.15) is 18.0 Å². The Balaban J connectivity index is 1.56. The van der Waals surface area contributed by atoms with Crippen molar-refractivity contribution in [1.29, 1.82) is 0 Å². The van der Waals surface area contributed by atoms with Gasteiger partial charge in [0.05, 0.1) is 25.7 Å². The number of cyclic esters (lactones) is 1. The molecule has 10 heteroatoms. The highest BCUT2D eigenvalue weighted by atomic mass is 19.1. The van der Waals surface area contributed by atoms with E-state index in [1.54, 1.807) is 4.90 Å². The molecule has 1 aromatic carbocycles. The van der Waals surface area contributed by atoms with Crippen molar-refractivity contribution < 1.29 is 33.3 Å². The van der Waals surface area contributed by atoms with Crippen LogP contribution in [0.15, 0.2) is 35.9 Å². The van der Waals surface area contributed by atoms with Crippen LogP contribution >= 0.6 is 0 Å². The third-order valence-corrected chi connectivity index (χ3v) is 9.00. The second kappa shape index (κ2) is 15.9. The van der Waals surface area contributed by atoms with Gasteiger partial charge in [0.2, 0.25) is 0 Å². The van der Waals surface area contributed by atoms with Crippen LogP contribution in [0.3, 0.4) is 0 Å². The summed E-state index contributed by atoms with van der Waals surface area (Å²) in [5, 5.41) is 10.6. The van der Waals surface area contributed by atoms with Crippen LogP contribution in [0.4, 0.5) is 14.9 Å². The molecule has 3 aliphatic heterocycles. The smallest absolute Gasteiger partial charge is 0.410 e.